The first-order valence-corrected chi connectivity index (χ1v) is 9.42. The smallest absolute Gasteiger partial charge is 0.262 e. The Balaban J connectivity index is 1.89. The molecule has 2 aromatic heterocycles. The summed E-state index contributed by atoms with van der Waals surface area (Å²) in [7, 11) is -1.92. The molecule has 1 atom stereocenters. The maximum atomic E-state index is 13.1. The van der Waals surface area contributed by atoms with Crippen LogP contribution in [0.25, 0.3) is 0 Å². The van der Waals surface area contributed by atoms with Gasteiger partial charge in [-0.05, 0) is 31.9 Å². The molecule has 0 N–H and O–H groups in total. The summed E-state index contributed by atoms with van der Waals surface area (Å²) in [6, 6.07) is 5.48. The lowest BCUT2D eigenvalue weighted by Crippen LogP contribution is -2.37. The Hall–Kier alpha value is -1.77. The Bertz CT molecular complexity index is 763. The first kappa shape index (κ1) is 17.1. The Morgan fingerprint density at radius 1 is 1.42 bits per heavy atom. The summed E-state index contributed by atoms with van der Waals surface area (Å²) in [5.41, 5.74) is 0.701. The third-order valence-electron chi connectivity index (χ3n) is 4.19. The van der Waals surface area contributed by atoms with Crippen LogP contribution in [0.5, 0.6) is 0 Å². The molecule has 0 amide bonds. The summed E-state index contributed by atoms with van der Waals surface area (Å²) >= 11 is 0. The Labute approximate surface area is 142 Å². The molecule has 0 bridgehead atoms. The number of hydrogen-bond donors (Lipinski definition) is 0. The third kappa shape index (κ3) is 3.66. The van der Waals surface area contributed by atoms with Crippen molar-refractivity contribution >= 4 is 10.0 Å². The SMILES string of the molecule is Cc1nc(S(=O)(=O)N(Cc2ccccn2)CC2CCCO2)cn1C. The molecule has 24 heavy (non-hydrogen) atoms. The number of ether oxygens (including phenoxy) is 1. The maximum absolute atomic E-state index is 13.1. The molecule has 3 rings (SSSR count). The van der Waals surface area contributed by atoms with Gasteiger partial charge in [0.2, 0.25) is 0 Å². The Morgan fingerprint density at radius 3 is 2.83 bits per heavy atom. The van der Waals surface area contributed by atoms with E-state index in [0.717, 1.165) is 12.8 Å². The molecule has 3 heterocycles. The molecule has 1 fully saturated rings. The predicted octanol–water partition coefficient (Wildman–Crippen LogP) is 1.49. The van der Waals surface area contributed by atoms with Crippen molar-refractivity contribution in [3.63, 3.8) is 0 Å². The Kier molecular flexibility index (Phi) is 4.98. The summed E-state index contributed by atoms with van der Waals surface area (Å²) < 4.78 is 34.9. The number of rotatable bonds is 6. The molecule has 1 unspecified atom stereocenters. The van der Waals surface area contributed by atoms with E-state index >= 15 is 0 Å². The Morgan fingerprint density at radius 2 is 2.25 bits per heavy atom. The number of sulfonamides is 1. The number of pyridine rings is 1. The van der Waals surface area contributed by atoms with Gasteiger partial charge in [-0.25, -0.2) is 13.4 Å². The van der Waals surface area contributed by atoms with E-state index in [2.05, 4.69) is 9.97 Å². The molecule has 0 radical (unpaired) electrons. The van der Waals surface area contributed by atoms with Crippen molar-refractivity contribution in [3.8, 4) is 0 Å². The molecule has 1 aliphatic rings. The molecule has 0 spiro atoms. The van der Waals surface area contributed by atoms with E-state index in [1.165, 1.54) is 4.31 Å². The minimum Gasteiger partial charge on any atom is -0.377 e. The molecule has 7 nitrogen and oxygen atoms in total. The van der Waals surface area contributed by atoms with Crippen molar-refractivity contribution in [2.75, 3.05) is 13.2 Å². The van der Waals surface area contributed by atoms with Crippen LogP contribution in [0.1, 0.15) is 24.4 Å². The van der Waals surface area contributed by atoms with Gasteiger partial charge in [-0.15, -0.1) is 0 Å². The molecule has 2 aromatic rings. The topological polar surface area (TPSA) is 77.3 Å². The van der Waals surface area contributed by atoms with Gasteiger partial charge in [0.1, 0.15) is 5.82 Å². The van der Waals surface area contributed by atoms with Crippen molar-refractivity contribution < 1.29 is 13.2 Å². The predicted molar refractivity (Wildman–Crippen MR) is 88.8 cm³/mol. The van der Waals surface area contributed by atoms with Crippen molar-refractivity contribution in [1.29, 1.82) is 0 Å². The van der Waals surface area contributed by atoms with Crippen LogP contribution in [0, 0.1) is 6.92 Å². The second-order valence-electron chi connectivity index (χ2n) is 5.99. The summed E-state index contributed by atoms with van der Waals surface area (Å²) in [6.45, 7) is 2.99. The highest BCUT2D eigenvalue weighted by molar-refractivity contribution is 7.89. The standard InChI is InChI=1S/C16H22N4O3S/c1-13-18-16(12-19(13)2)24(21,22)20(11-15-7-5-9-23-15)10-14-6-3-4-8-17-14/h3-4,6,8,12,15H,5,7,9-11H2,1-2H3. The van der Waals surface area contributed by atoms with Crippen LogP contribution in [-0.2, 0) is 28.4 Å². The van der Waals surface area contributed by atoms with Crippen LogP contribution < -0.4 is 0 Å². The van der Waals surface area contributed by atoms with Gasteiger partial charge in [0.15, 0.2) is 5.03 Å². The summed E-state index contributed by atoms with van der Waals surface area (Å²) in [6.07, 6.45) is 4.97. The molecule has 0 aromatic carbocycles. The van der Waals surface area contributed by atoms with Gasteiger partial charge in [0.05, 0.1) is 18.3 Å². The number of aryl methyl sites for hydroxylation is 2. The van der Waals surface area contributed by atoms with Crippen LogP contribution in [0.3, 0.4) is 0 Å². The number of imidazole rings is 1. The highest BCUT2D eigenvalue weighted by Gasteiger charge is 2.31. The van der Waals surface area contributed by atoms with E-state index in [1.54, 1.807) is 30.9 Å². The fourth-order valence-corrected chi connectivity index (χ4v) is 4.19. The highest BCUT2D eigenvalue weighted by Crippen LogP contribution is 2.21. The van der Waals surface area contributed by atoms with Gasteiger partial charge >= 0.3 is 0 Å². The minimum atomic E-state index is -3.71. The quantitative estimate of drug-likeness (QED) is 0.789. The first-order valence-electron chi connectivity index (χ1n) is 7.98. The lowest BCUT2D eigenvalue weighted by molar-refractivity contribution is 0.0923. The molecule has 130 valence electrons. The van der Waals surface area contributed by atoms with Crippen LogP contribution >= 0.6 is 0 Å². The zero-order valence-corrected chi connectivity index (χ0v) is 14.7. The second kappa shape index (κ2) is 7.00. The second-order valence-corrected chi connectivity index (χ2v) is 7.88. The van der Waals surface area contributed by atoms with Crippen molar-refractivity contribution in [2.45, 2.75) is 37.4 Å². The largest absolute Gasteiger partial charge is 0.377 e. The van der Waals surface area contributed by atoms with E-state index in [9.17, 15) is 8.42 Å². The van der Waals surface area contributed by atoms with Crippen LogP contribution in [0.2, 0.25) is 0 Å². The van der Waals surface area contributed by atoms with Crippen LogP contribution in [0.15, 0.2) is 35.6 Å². The molecule has 1 aliphatic heterocycles. The van der Waals surface area contributed by atoms with E-state index in [4.69, 9.17) is 4.74 Å². The first-order chi connectivity index (χ1) is 11.5. The molecular formula is C16H22N4O3S. The minimum absolute atomic E-state index is 0.0661. The van der Waals surface area contributed by atoms with Gasteiger partial charge < -0.3 is 9.30 Å². The van der Waals surface area contributed by atoms with Crippen LogP contribution in [-0.4, -0.2) is 46.5 Å². The van der Waals surface area contributed by atoms with E-state index in [1.807, 2.05) is 18.2 Å². The van der Waals surface area contributed by atoms with Crippen LogP contribution in [0.4, 0.5) is 0 Å². The van der Waals surface area contributed by atoms with Gasteiger partial charge in [0, 0.05) is 32.6 Å². The monoisotopic (exact) mass is 350 g/mol. The van der Waals surface area contributed by atoms with Gasteiger partial charge in [-0.3, -0.25) is 4.98 Å². The van der Waals surface area contributed by atoms with Crippen molar-refractivity contribution in [2.24, 2.45) is 7.05 Å². The van der Waals surface area contributed by atoms with E-state index < -0.39 is 10.0 Å². The fourth-order valence-electron chi connectivity index (χ4n) is 2.72. The lowest BCUT2D eigenvalue weighted by Gasteiger charge is -2.23. The number of hydrogen-bond acceptors (Lipinski definition) is 5. The molecule has 1 saturated heterocycles. The summed E-state index contributed by atoms with van der Waals surface area (Å²) in [4.78, 5) is 8.44. The number of nitrogens with zero attached hydrogens (tertiary/aromatic N) is 4. The fraction of sp³-hybridized carbons (Fsp3) is 0.500. The maximum Gasteiger partial charge on any atom is 0.262 e. The number of aromatic nitrogens is 3. The zero-order valence-electron chi connectivity index (χ0n) is 13.9. The van der Waals surface area contributed by atoms with Gasteiger partial charge in [-0.1, -0.05) is 6.07 Å². The lowest BCUT2D eigenvalue weighted by atomic mass is 10.2. The zero-order chi connectivity index (χ0) is 17.2. The van der Waals surface area contributed by atoms with Gasteiger partial charge in [0.25, 0.3) is 10.0 Å². The molecule has 0 aliphatic carbocycles. The summed E-state index contributed by atoms with van der Waals surface area (Å²) in [5, 5.41) is 0.0661. The van der Waals surface area contributed by atoms with E-state index in [-0.39, 0.29) is 17.7 Å². The molecule has 0 saturated carbocycles. The molecule has 8 heteroatoms. The van der Waals surface area contributed by atoms with E-state index in [0.29, 0.717) is 24.7 Å². The molecular weight excluding hydrogens is 328 g/mol. The van der Waals surface area contributed by atoms with Gasteiger partial charge in [-0.2, -0.15) is 4.31 Å². The average molecular weight is 350 g/mol. The third-order valence-corrected chi connectivity index (χ3v) is 5.87. The summed E-state index contributed by atoms with van der Waals surface area (Å²) in [5.74, 6) is 0.656. The van der Waals surface area contributed by atoms with Crippen molar-refractivity contribution in [3.05, 3.63) is 42.1 Å². The van der Waals surface area contributed by atoms with Crippen molar-refractivity contribution in [1.82, 2.24) is 18.8 Å². The normalized spacial score (nSPS) is 18.4. The highest BCUT2D eigenvalue weighted by atomic mass is 32.2. The average Bonchev–Trinajstić information content (AvgIpc) is 3.18.